The predicted octanol–water partition coefficient (Wildman–Crippen LogP) is 1.60. The largest absolute Gasteiger partial charge is 0.397 e. The summed E-state index contributed by atoms with van der Waals surface area (Å²) in [5.41, 5.74) is 1.46. The van der Waals surface area contributed by atoms with E-state index in [0.717, 1.165) is 11.3 Å². The van der Waals surface area contributed by atoms with Crippen LogP contribution in [0.2, 0.25) is 0 Å². The summed E-state index contributed by atoms with van der Waals surface area (Å²) >= 11 is 1.15. The first-order valence-corrected chi connectivity index (χ1v) is 3.82. The summed E-state index contributed by atoms with van der Waals surface area (Å²) < 4.78 is 14.3. The van der Waals surface area contributed by atoms with Gasteiger partial charge in [-0.05, 0) is 0 Å². The molecule has 0 spiro atoms. The van der Waals surface area contributed by atoms with E-state index in [2.05, 4.69) is 9.51 Å². The van der Waals surface area contributed by atoms with Crippen LogP contribution in [0.3, 0.4) is 0 Å². The molecule has 0 aliphatic carbocycles. The lowest BCUT2D eigenvalue weighted by Crippen LogP contribution is -1.76. The van der Waals surface area contributed by atoms with Crippen LogP contribution < -0.4 is 4.52 Å². The molecule has 4 nitrogen and oxygen atoms in total. The van der Waals surface area contributed by atoms with Crippen LogP contribution in [-0.4, -0.2) is 4.98 Å². The van der Waals surface area contributed by atoms with Crippen molar-refractivity contribution < 1.29 is 9.09 Å². The quantitative estimate of drug-likeness (QED) is 0.635. The van der Waals surface area contributed by atoms with Crippen LogP contribution in [0.1, 0.15) is 4.88 Å². The number of hydrogen-bond donors (Lipinski definition) is 0. The van der Waals surface area contributed by atoms with E-state index in [4.69, 9.17) is 5.26 Å². The molecule has 1 rings (SSSR count). The lowest BCUT2D eigenvalue weighted by atomic mass is 10.6. The van der Waals surface area contributed by atoms with E-state index < -0.39 is 8.69 Å². The van der Waals surface area contributed by atoms with E-state index in [1.807, 2.05) is 6.07 Å². The number of nitriles is 1. The molecule has 0 N–H and O–H groups in total. The average Bonchev–Trinajstić information content (AvgIpc) is 2.36. The molecular weight excluding hydrogens is 171 g/mol. The van der Waals surface area contributed by atoms with Gasteiger partial charge in [0.1, 0.15) is 6.07 Å². The van der Waals surface area contributed by atoms with Gasteiger partial charge < -0.3 is 4.52 Å². The molecule has 50 valence electrons. The van der Waals surface area contributed by atoms with Crippen molar-refractivity contribution in [2.45, 2.75) is 0 Å². The molecule has 0 unspecified atom stereocenters. The van der Waals surface area contributed by atoms with E-state index in [1.54, 1.807) is 0 Å². The third kappa shape index (κ3) is 1.29. The molecule has 1 aromatic heterocycles. The lowest BCUT2D eigenvalue weighted by Gasteiger charge is -1.85. The van der Waals surface area contributed by atoms with E-state index in [-0.39, 0.29) is 5.88 Å². The third-order valence-corrected chi connectivity index (χ3v) is 1.72. The van der Waals surface area contributed by atoms with Crippen molar-refractivity contribution in [3.8, 4) is 11.9 Å². The summed E-state index contributed by atoms with van der Waals surface area (Å²) in [6.45, 7) is 0. The normalized spacial score (nSPS) is 9.10. The van der Waals surface area contributed by atoms with Crippen molar-refractivity contribution in [2.75, 3.05) is 0 Å². The van der Waals surface area contributed by atoms with Crippen molar-refractivity contribution in [3.63, 3.8) is 0 Å². The summed E-state index contributed by atoms with van der Waals surface area (Å²) in [4.78, 5) is 3.98. The molecule has 0 atom stereocenters. The highest BCUT2D eigenvalue weighted by atomic mass is 32.1. The van der Waals surface area contributed by atoms with Crippen molar-refractivity contribution in [2.24, 2.45) is 0 Å². The highest BCUT2D eigenvalue weighted by molar-refractivity contribution is 7.18. The van der Waals surface area contributed by atoms with Crippen molar-refractivity contribution in [3.05, 3.63) is 10.4 Å². The molecule has 0 amide bonds. The maximum Gasteiger partial charge on any atom is 0.397 e. The zero-order valence-corrected chi connectivity index (χ0v) is 6.35. The van der Waals surface area contributed by atoms with Crippen LogP contribution in [0.15, 0.2) is 5.51 Å². The standard InChI is InChI=1S/C4HN2O2PS/c5-1-3-4(8-9-7)6-2-10-3/h2H. The highest BCUT2D eigenvalue weighted by Gasteiger charge is 2.05. The van der Waals surface area contributed by atoms with Gasteiger partial charge >= 0.3 is 8.69 Å². The van der Waals surface area contributed by atoms with Gasteiger partial charge in [-0.2, -0.15) is 5.26 Å². The van der Waals surface area contributed by atoms with E-state index in [1.165, 1.54) is 5.51 Å². The highest BCUT2D eigenvalue weighted by Crippen LogP contribution is 2.21. The Labute approximate surface area is 62.4 Å². The van der Waals surface area contributed by atoms with Crippen LogP contribution in [-0.2, 0) is 4.57 Å². The molecule has 10 heavy (non-hydrogen) atoms. The van der Waals surface area contributed by atoms with Crippen molar-refractivity contribution >= 4 is 20.0 Å². The zero-order chi connectivity index (χ0) is 7.40. The van der Waals surface area contributed by atoms with Crippen molar-refractivity contribution in [1.29, 1.82) is 5.26 Å². The summed E-state index contributed by atoms with van der Waals surface area (Å²) in [6.07, 6.45) is 0. The minimum absolute atomic E-state index is 0.129. The van der Waals surface area contributed by atoms with Gasteiger partial charge in [-0.15, -0.1) is 11.3 Å². The first-order chi connectivity index (χ1) is 4.88. The maximum atomic E-state index is 9.87. The Kier molecular flexibility index (Phi) is 2.32. The fourth-order valence-electron chi connectivity index (χ4n) is 0.410. The molecule has 0 aliphatic rings. The van der Waals surface area contributed by atoms with E-state index in [9.17, 15) is 4.57 Å². The molecule has 6 heteroatoms. The van der Waals surface area contributed by atoms with Gasteiger partial charge in [-0.1, -0.05) is 0 Å². The second-order valence-corrected chi connectivity index (χ2v) is 2.45. The monoisotopic (exact) mass is 172 g/mol. The van der Waals surface area contributed by atoms with Gasteiger partial charge in [0.15, 0.2) is 4.88 Å². The number of nitrogens with zero attached hydrogens (tertiary/aromatic N) is 2. The molecule has 0 aliphatic heterocycles. The van der Waals surface area contributed by atoms with Crippen LogP contribution in [0, 0.1) is 11.3 Å². The average molecular weight is 172 g/mol. The van der Waals surface area contributed by atoms with Crippen LogP contribution in [0.25, 0.3) is 0 Å². The second kappa shape index (κ2) is 3.25. The molecule has 0 radical (unpaired) electrons. The number of hydrogen-bond acceptors (Lipinski definition) is 5. The molecule has 0 saturated carbocycles. The van der Waals surface area contributed by atoms with Crippen LogP contribution >= 0.6 is 20.0 Å². The SMILES string of the molecule is N#Cc1scnc1OP=O. The summed E-state index contributed by atoms with van der Waals surface area (Å²) in [7, 11) is -0.487. The molecule has 0 fully saturated rings. The van der Waals surface area contributed by atoms with E-state index >= 15 is 0 Å². The van der Waals surface area contributed by atoms with Gasteiger partial charge in [0.05, 0.1) is 5.51 Å². The Morgan fingerprint density at radius 1 is 1.90 bits per heavy atom. The first kappa shape index (κ1) is 7.13. The Hall–Kier alpha value is -0.980. The van der Waals surface area contributed by atoms with Gasteiger partial charge in [-0.3, -0.25) is 0 Å². The van der Waals surface area contributed by atoms with Crippen LogP contribution in [0.4, 0.5) is 0 Å². The molecule has 1 aromatic rings. The molecular formula is C4HN2O2PS. The summed E-state index contributed by atoms with van der Waals surface area (Å²) in [5, 5.41) is 8.37. The Bertz CT molecular complexity index is 279. The van der Waals surface area contributed by atoms with Gasteiger partial charge in [0, 0.05) is 0 Å². The van der Waals surface area contributed by atoms with Crippen molar-refractivity contribution in [1.82, 2.24) is 4.98 Å². The summed E-state index contributed by atoms with van der Waals surface area (Å²) in [5.74, 6) is 0.129. The van der Waals surface area contributed by atoms with Crippen LogP contribution in [0.5, 0.6) is 5.88 Å². The lowest BCUT2D eigenvalue weighted by molar-refractivity contribution is 0.516. The second-order valence-electron chi connectivity index (χ2n) is 1.26. The fraction of sp³-hybridized carbons (Fsp3) is 0. The van der Waals surface area contributed by atoms with Gasteiger partial charge in [0.2, 0.25) is 0 Å². The van der Waals surface area contributed by atoms with Gasteiger partial charge in [-0.25, -0.2) is 9.55 Å². The third-order valence-electron chi connectivity index (χ3n) is 0.760. The molecule has 0 bridgehead atoms. The number of thiazole rings is 1. The number of aromatic nitrogens is 1. The van der Waals surface area contributed by atoms with Gasteiger partial charge in [0.25, 0.3) is 5.88 Å². The molecule has 0 saturated heterocycles. The Balaban J connectivity index is 2.92. The summed E-state index contributed by atoms with van der Waals surface area (Å²) in [6, 6.07) is 1.85. The zero-order valence-electron chi connectivity index (χ0n) is 4.64. The topological polar surface area (TPSA) is 63.0 Å². The van der Waals surface area contributed by atoms with E-state index in [0.29, 0.717) is 4.88 Å². The minimum atomic E-state index is -0.487. The fourth-order valence-corrected chi connectivity index (χ4v) is 1.18. The number of rotatable bonds is 2. The molecule has 1 heterocycles. The first-order valence-electron chi connectivity index (χ1n) is 2.21. The predicted molar refractivity (Wildman–Crippen MR) is 35.1 cm³/mol. The Morgan fingerprint density at radius 3 is 3.30 bits per heavy atom. The smallest absolute Gasteiger partial charge is 0.386 e. The Morgan fingerprint density at radius 2 is 2.70 bits per heavy atom. The maximum absolute atomic E-state index is 9.87. The minimum Gasteiger partial charge on any atom is -0.386 e. The molecule has 0 aromatic carbocycles.